The Kier molecular flexibility index (Phi) is 6.82. The van der Waals surface area contributed by atoms with Crippen LogP contribution >= 0.6 is 11.6 Å². The number of carbonyl (C=O) groups is 2. The number of amides is 2. The highest BCUT2D eigenvalue weighted by Gasteiger charge is 2.27. The fourth-order valence-electron chi connectivity index (χ4n) is 2.76. The molecule has 0 aromatic heterocycles. The van der Waals surface area contributed by atoms with Gasteiger partial charge in [-0.2, -0.15) is 0 Å². The van der Waals surface area contributed by atoms with Crippen molar-refractivity contribution in [1.29, 1.82) is 0 Å². The van der Waals surface area contributed by atoms with E-state index in [0.717, 1.165) is 5.56 Å². The molecule has 1 unspecified atom stereocenters. The van der Waals surface area contributed by atoms with Crippen molar-refractivity contribution in [2.24, 2.45) is 0 Å². The molecule has 0 saturated carbocycles. The molecule has 1 atom stereocenters. The monoisotopic (exact) mass is 349 g/mol. The zero-order chi connectivity index (χ0) is 17.5. The molecule has 24 heavy (non-hydrogen) atoms. The maximum atomic E-state index is 12.4. The van der Waals surface area contributed by atoms with Crippen molar-refractivity contribution in [3.63, 3.8) is 0 Å². The number of benzene rings is 1. The first-order chi connectivity index (χ1) is 11.5. The highest BCUT2D eigenvalue weighted by molar-refractivity contribution is 6.31. The molecule has 1 aliphatic rings. The second-order valence-electron chi connectivity index (χ2n) is 5.89. The Hall–Kier alpha value is -1.85. The Labute approximate surface area is 148 Å². The fourth-order valence-corrected chi connectivity index (χ4v) is 2.96. The molecule has 0 radical (unpaired) electrons. The largest absolute Gasteiger partial charge is 0.351 e. The van der Waals surface area contributed by atoms with E-state index in [-0.39, 0.29) is 17.9 Å². The van der Waals surface area contributed by atoms with Crippen LogP contribution in [0.5, 0.6) is 0 Å². The number of nitrogens with one attached hydrogen (secondary N) is 1. The molecule has 6 heteroatoms. The molecule has 5 nitrogen and oxygen atoms in total. The van der Waals surface area contributed by atoms with Gasteiger partial charge in [-0.15, -0.1) is 6.58 Å². The van der Waals surface area contributed by atoms with Crippen LogP contribution in [0.4, 0.5) is 0 Å². The summed E-state index contributed by atoms with van der Waals surface area (Å²) in [6.45, 7) is 8.59. The Balaban J connectivity index is 1.83. The molecule has 1 aromatic carbocycles. The van der Waals surface area contributed by atoms with E-state index < -0.39 is 0 Å². The summed E-state index contributed by atoms with van der Waals surface area (Å²) in [6, 6.07) is 7.21. The van der Waals surface area contributed by atoms with Gasteiger partial charge in [0.2, 0.25) is 11.8 Å². The van der Waals surface area contributed by atoms with E-state index in [9.17, 15) is 9.59 Å². The quantitative estimate of drug-likeness (QED) is 0.796. The molecule has 130 valence electrons. The van der Waals surface area contributed by atoms with Crippen LogP contribution < -0.4 is 5.32 Å². The minimum atomic E-state index is -0.203. The van der Waals surface area contributed by atoms with Gasteiger partial charge in [-0.3, -0.25) is 14.5 Å². The van der Waals surface area contributed by atoms with Crippen molar-refractivity contribution in [3.05, 3.63) is 47.5 Å². The number of carbonyl (C=O) groups excluding carboxylic acids is 2. The first-order valence-electron chi connectivity index (χ1n) is 8.16. The first kappa shape index (κ1) is 18.5. The highest BCUT2D eigenvalue weighted by atomic mass is 35.5. The second kappa shape index (κ2) is 8.85. The number of halogens is 1. The normalized spacial score (nSPS) is 16.5. The maximum Gasteiger partial charge on any atom is 0.237 e. The lowest BCUT2D eigenvalue weighted by Crippen LogP contribution is -2.55. The van der Waals surface area contributed by atoms with E-state index in [1.165, 1.54) is 0 Å². The third-order valence-electron chi connectivity index (χ3n) is 4.31. The molecule has 0 bridgehead atoms. The molecular formula is C18H24ClN3O2. The van der Waals surface area contributed by atoms with Crippen LogP contribution in [-0.2, 0) is 16.0 Å². The van der Waals surface area contributed by atoms with Crippen LogP contribution in [-0.4, -0.2) is 60.4 Å². The lowest BCUT2D eigenvalue weighted by atomic mass is 10.1. The third kappa shape index (κ3) is 4.82. The Morgan fingerprint density at radius 1 is 1.29 bits per heavy atom. The van der Waals surface area contributed by atoms with Gasteiger partial charge in [0.15, 0.2) is 0 Å². The summed E-state index contributed by atoms with van der Waals surface area (Å²) >= 11 is 6.12. The van der Waals surface area contributed by atoms with Crippen LogP contribution in [0.15, 0.2) is 36.9 Å². The van der Waals surface area contributed by atoms with E-state index in [1.54, 1.807) is 12.1 Å². The van der Waals surface area contributed by atoms with Crippen molar-refractivity contribution in [2.75, 3.05) is 32.7 Å². The summed E-state index contributed by atoms with van der Waals surface area (Å²) in [5.74, 6) is 0.0669. The lowest BCUT2D eigenvalue weighted by molar-refractivity contribution is -0.133. The van der Waals surface area contributed by atoms with Crippen LogP contribution in [0.3, 0.4) is 0 Å². The standard InChI is InChI=1S/C18H24ClN3O2/c1-3-8-20-18(24)14(2)21-9-11-22(12-10-21)17(23)13-15-6-4-5-7-16(15)19/h3-7,14H,1,8-13H2,2H3,(H,20,24). The molecule has 1 aromatic rings. The highest BCUT2D eigenvalue weighted by Crippen LogP contribution is 2.17. The molecule has 0 spiro atoms. The summed E-state index contributed by atoms with van der Waals surface area (Å²) in [4.78, 5) is 28.4. The number of hydrogen-bond donors (Lipinski definition) is 1. The molecule has 0 aliphatic carbocycles. The zero-order valence-electron chi connectivity index (χ0n) is 14.0. The summed E-state index contributed by atoms with van der Waals surface area (Å²) in [7, 11) is 0. The van der Waals surface area contributed by atoms with E-state index in [4.69, 9.17) is 11.6 Å². The van der Waals surface area contributed by atoms with Gasteiger partial charge >= 0.3 is 0 Å². The van der Waals surface area contributed by atoms with Gasteiger partial charge in [-0.1, -0.05) is 35.9 Å². The maximum absolute atomic E-state index is 12.4. The van der Waals surface area contributed by atoms with Gasteiger partial charge in [0.05, 0.1) is 12.5 Å². The Bertz CT molecular complexity index is 598. The molecule has 1 fully saturated rings. The number of rotatable bonds is 6. The van der Waals surface area contributed by atoms with Crippen molar-refractivity contribution in [1.82, 2.24) is 15.1 Å². The number of hydrogen-bond acceptors (Lipinski definition) is 3. The molecule has 1 N–H and O–H groups in total. The second-order valence-corrected chi connectivity index (χ2v) is 6.30. The van der Waals surface area contributed by atoms with Crippen LogP contribution in [0.2, 0.25) is 5.02 Å². The lowest BCUT2D eigenvalue weighted by Gasteiger charge is -2.37. The van der Waals surface area contributed by atoms with Crippen LogP contribution in [0.25, 0.3) is 0 Å². The predicted molar refractivity (Wildman–Crippen MR) is 96.0 cm³/mol. The summed E-state index contributed by atoms with van der Waals surface area (Å²) in [5, 5.41) is 3.43. The molecule has 2 rings (SSSR count). The van der Waals surface area contributed by atoms with E-state index >= 15 is 0 Å². The summed E-state index contributed by atoms with van der Waals surface area (Å²) < 4.78 is 0. The number of nitrogens with zero attached hydrogens (tertiary/aromatic N) is 2. The Morgan fingerprint density at radius 3 is 2.58 bits per heavy atom. The summed E-state index contributed by atoms with van der Waals surface area (Å²) in [6.07, 6.45) is 1.98. The van der Waals surface area contributed by atoms with E-state index in [1.807, 2.05) is 30.0 Å². The van der Waals surface area contributed by atoms with Crippen molar-refractivity contribution >= 4 is 23.4 Å². The number of piperazine rings is 1. The Morgan fingerprint density at radius 2 is 1.96 bits per heavy atom. The van der Waals surface area contributed by atoms with E-state index in [2.05, 4.69) is 16.8 Å². The van der Waals surface area contributed by atoms with Gasteiger partial charge in [0.1, 0.15) is 0 Å². The average Bonchev–Trinajstić information content (AvgIpc) is 2.61. The molecule has 1 aliphatic heterocycles. The summed E-state index contributed by atoms with van der Waals surface area (Å²) in [5.41, 5.74) is 0.851. The minimum Gasteiger partial charge on any atom is -0.351 e. The molecule has 1 heterocycles. The molecule has 1 saturated heterocycles. The van der Waals surface area contributed by atoms with Gasteiger partial charge in [0, 0.05) is 37.7 Å². The van der Waals surface area contributed by atoms with E-state index in [0.29, 0.717) is 44.2 Å². The van der Waals surface area contributed by atoms with Crippen molar-refractivity contribution < 1.29 is 9.59 Å². The predicted octanol–water partition coefficient (Wildman–Crippen LogP) is 1.72. The first-order valence-corrected chi connectivity index (χ1v) is 8.54. The van der Waals surface area contributed by atoms with Crippen molar-refractivity contribution in [3.8, 4) is 0 Å². The molecular weight excluding hydrogens is 326 g/mol. The molecule has 2 amide bonds. The topological polar surface area (TPSA) is 52.7 Å². The zero-order valence-corrected chi connectivity index (χ0v) is 14.8. The third-order valence-corrected chi connectivity index (χ3v) is 4.68. The minimum absolute atomic E-state index is 0.00857. The van der Waals surface area contributed by atoms with Gasteiger partial charge < -0.3 is 10.2 Å². The smallest absolute Gasteiger partial charge is 0.237 e. The van der Waals surface area contributed by atoms with Gasteiger partial charge in [-0.05, 0) is 18.6 Å². The van der Waals surface area contributed by atoms with Crippen LogP contribution in [0, 0.1) is 0 Å². The van der Waals surface area contributed by atoms with Gasteiger partial charge in [-0.25, -0.2) is 0 Å². The average molecular weight is 350 g/mol. The van der Waals surface area contributed by atoms with Crippen LogP contribution in [0.1, 0.15) is 12.5 Å². The SMILES string of the molecule is C=CCNC(=O)C(C)N1CCN(C(=O)Cc2ccccc2Cl)CC1. The fraction of sp³-hybridized carbons (Fsp3) is 0.444. The van der Waals surface area contributed by atoms with Crippen molar-refractivity contribution in [2.45, 2.75) is 19.4 Å². The van der Waals surface area contributed by atoms with Gasteiger partial charge in [0.25, 0.3) is 0 Å².